The Labute approximate surface area is 106 Å². The van der Waals surface area contributed by atoms with Crippen LogP contribution in [-0.2, 0) is 6.54 Å². The Hall–Kier alpha value is -2.30. The van der Waals surface area contributed by atoms with Crippen LogP contribution in [0.2, 0.25) is 0 Å². The van der Waals surface area contributed by atoms with Crippen LogP contribution >= 0.6 is 0 Å². The lowest BCUT2D eigenvalue weighted by atomic mass is 10.3. The molecule has 2 aromatic rings. The third kappa shape index (κ3) is 2.20. The summed E-state index contributed by atoms with van der Waals surface area (Å²) >= 11 is 0. The Bertz CT molecular complexity index is 547. The van der Waals surface area contributed by atoms with Gasteiger partial charge >= 0.3 is 0 Å². The molecule has 94 valence electrons. The number of hydrogen-bond donors (Lipinski definition) is 1. The topological polar surface area (TPSA) is 64.2 Å². The minimum Gasteiger partial charge on any atom is -0.397 e. The van der Waals surface area contributed by atoms with Crippen molar-refractivity contribution in [3.8, 4) is 0 Å². The molecule has 2 aromatic heterocycles. The normalized spacial score (nSPS) is 10.3. The van der Waals surface area contributed by atoms with Gasteiger partial charge in [-0.15, -0.1) is 0 Å². The lowest BCUT2D eigenvalue weighted by molar-refractivity contribution is 0.0983. The quantitative estimate of drug-likeness (QED) is 0.894. The molecule has 0 spiro atoms. The van der Waals surface area contributed by atoms with E-state index in [4.69, 9.17) is 5.73 Å². The number of carbonyl (C=O) groups is 1. The zero-order valence-corrected chi connectivity index (χ0v) is 10.5. The van der Waals surface area contributed by atoms with Crippen molar-refractivity contribution in [1.82, 2.24) is 9.55 Å². The fraction of sp³-hybridized carbons (Fsp3) is 0.231. The highest BCUT2D eigenvalue weighted by molar-refractivity contribution is 6.04. The molecule has 2 heterocycles. The molecule has 2 N–H and O–H groups in total. The third-order valence-corrected chi connectivity index (χ3v) is 2.78. The van der Waals surface area contributed by atoms with Crippen LogP contribution in [0.4, 0.5) is 11.5 Å². The van der Waals surface area contributed by atoms with Crippen LogP contribution < -0.4 is 10.6 Å². The van der Waals surface area contributed by atoms with Gasteiger partial charge in [-0.25, -0.2) is 4.98 Å². The van der Waals surface area contributed by atoms with E-state index in [1.165, 1.54) is 4.90 Å². The molecule has 5 nitrogen and oxygen atoms in total. The first kappa shape index (κ1) is 12.2. The lowest BCUT2D eigenvalue weighted by Gasteiger charge is -2.16. The van der Waals surface area contributed by atoms with Crippen molar-refractivity contribution >= 4 is 17.4 Å². The minimum absolute atomic E-state index is 0.118. The van der Waals surface area contributed by atoms with Gasteiger partial charge in [-0.1, -0.05) is 6.07 Å². The number of aryl methyl sites for hydroxylation is 1. The summed E-state index contributed by atoms with van der Waals surface area (Å²) in [6, 6.07) is 7.14. The van der Waals surface area contributed by atoms with Gasteiger partial charge in [0.2, 0.25) is 0 Å². The second kappa shape index (κ2) is 4.91. The van der Waals surface area contributed by atoms with Crippen LogP contribution in [0.15, 0.2) is 36.7 Å². The molecule has 0 aliphatic heterocycles. The minimum atomic E-state index is -0.118. The number of pyridine rings is 1. The number of anilines is 2. The van der Waals surface area contributed by atoms with Gasteiger partial charge in [0.25, 0.3) is 5.91 Å². The highest BCUT2D eigenvalue weighted by Crippen LogP contribution is 2.16. The molecule has 0 aromatic carbocycles. The number of nitrogen functional groups attached to an aromatic ring is 1. The number of nitrogens with two attached hydrogens (primary N) is 1. The Morgan fingerprint density at radius 1 is 1.50 bits per heavy atom. The van der Waals surface area contributed by atoms with Crippen molar-refractivity contribution < 1.29 is 4.79 Å². The van der Waals surface area contributed by atoms with E-state index in [9.17, 15) is 4.79 Å². The third-order valence-electron chi connectivity index (χ3n) is 2.78. The van der Waals surface area contributed by atoms with E-state index < -0.39 is 0 Å². The molecule has 5 heteroatoms. The molecule has 0 saturated heterocycles. The van der Waals surface area contributed by atoms with Crippen LogP contribution in [0.5, 0.6) is 0 Å². The molecule has 0 saturated carbocycles. The first-order chi connectivity index (χ1) is 8.63. The van der Waals surface area contributed by atoms with Gasteiger partial charge in [-0.05, 0) is 25.1 Å². The van der Waals surface area contributed by atoms with Gasteiger partial charge in [0.1, 0.15) is 11.5 Å². The summed E-state index contributed by atoms with van der Waals surface area (Å²) in [6.07, 6.45) is 3.42. The van der Waals surface area contributed by atoms with E-state index in [-0.39, 0.29) is 5.91 Å². The molecule has 0 atom stereocenters. The predicted molar refractivity (Wildman–Crippen MR) is 71.5 cm³/mol. The standard InChI is InChI=1S/C13H16N4O/c1-3-17-9-10(14)8-11(17)13(18)16(2)12-6-4-5-7-15-12/h4-9H,3,14H2,1-2H3. The maximum atomic E-state index is 12.3. The van der Waals surface area contributed by atoms with E-state index >= 15 is 0 Å². The van der Waals surface area contributed by atoms with Crippen molar-refractivity contribution in [2.45, 2.75) is 13.5 Å². The summed E-state index contributed by atoms with van der Waals surface area (Å²) in [7, 11) is 1.70. The largest absolute Gasteiger partial charge is 0.397 e. The second-order valence-electron chi connectivity index (χ2n) is 4.00. The fourth-order valence-corrected chi connectivity index (χ4v) is 1.80. The molecule has 0 radical (unpaired) electrons. The number of hydrogen-bond acceptors (Lipinski definition) is 3. The summed E-state index contributed by atoms with van der Waals surface area (Å²) in [4.78, 5) is 18.0. The maximum absolute atomic E-state index is 12.3. The number of aromatic nitrogens is 2. The summed E-state index contributed by atoms with van der Waals surface area (Å²) in [5.74, 6) is 0.497. The molecule has 0 unspecified atom stereocenters. The predicted octanol–water partition coefficient (Wildman–Crippen LogP) is 1.76. The van der Waals surface area contributed by atoms with Gasteiger partial charge in [-0.3, -0.25) is 9.69 Å². The highest BCUT2D eigenvalue weighted by atomic mass is 16.2. The number of nitrogens with zero attached hydrogens (tertiary/aromatic N) is 3. The SMILES string of the molecule is CCn1cc(N)cc1C(=O)N(C)c1ccccn1. The lowest BCUT2D eigenvalue weighted by Crippen LogP contribution is -2.28. The molecular formula is C13H16N4O. The first-order valence-electron chi connectivity index (χ1n) is 5.78. The first-order valence-corrected chi connectivity index (χ1v) is 5.78. The van der Waals surface area contributed by atoms with E-state index in [0.29, 0.717) is 23.7 Å². The van der Waals surface area contributed by atoms with Gasteiger partial charge in [0, 0.05) is 26.0 Å². The van der Waals surface area contributed by atoms with E-state index in [2.05, 4.69) is 4.98 Å². The van der Waals surface area contributed by atoms with Crippen LogP contribution in [0.3, 0.4) is 0 Å². The van der Waals surface area contributed by atoms with Crippen molar-refractivity contribution in [2.75, 3.05) is 17.7 Å². The van der Waals surface area contributed by atoms with Crippen LogP contribution in [0.25, 0.3) is 0 Å². The maximum Gasteiger partial charge on any atom is 0.275 e. The highest BCUT2D eigenvalue weighted by Gasteiger charge is 2.18. The van der Waals surface area contributed by atoms with Crippen molar-refractivity contribution in [1.29, 1.82) is 0 Å². The monoisotopic (exact) mass is 244 g/mol. The van der Waals surface area contributed by atoms with Gasteiger partial charge in [0.15, 0.2) is 0 Å². The number of rotatable bonds is 3. The summed E-state index contributed by atoms with van der Waals surface area (Å²) < 4.78 is 1.83. The molecule has 18 heavy (non-hydrogen) atoms. The molecule has 1 amide bonds. The number of carbonyl (C=O) groups excluding carboxylic acids is 1. The van der Waals surface area contributed by atoms with E-state index in [1.54, 1.807) is 31.6 Å². The molecule has 0 aliphatic rings. The summed E-state index contributed by atoms with van der Waals surface area (Å²) in [5, 5.41) is 0. The zero-order valence-electron chi connectivity index (χ0n) is 10.5. The molecule has 0 fully saturated rings. The Balaban J connectivity index is 2.31. The summed E-state index contributed by atoms with van der Waals surface area (Å²) in [6.45, 7) is 2.67. The van der Waals surface area contributed by atoms with Gasteiger partial charge in [0.05, 0.1) is 5.69 Å². The van der Waals surface area contributed by atoms with E-state index in [1.807, 2.05) is 23.6 Å². The smallest absolute Gasteiger partial charge is 0.275 e. The average Bonchev–Trinajstić information content (AvgIpc) is 2.79. The second-order valence-corrected chi connectivity index (χ2v) is 4.00. The molecular weight excluding hydrogens is 228 g/mol. The van der Waals surface area contributed by atoms with Gasteiger partial charge < -0.3 is 10.3 Å². The molecule has 0 aliphatic carbocycles. The Morgan fingerprint density at radius 3 is 2.89 bits per heavy atom. The van der Waals surface area contributed by atoms with Crippen molar-refractivity contribution in [3.05, 3.63) is 42.4 Å². The summed E-state index contributed by atoms with van der Waals surface area (Å²) in [5.41, 5.74) is 6.89. The van der Waals surface area contributed by atoms with Crippen LogP contribution in [0.1, 0.15) is 17.4 Å². The Morgan fingerprint density at radius 2 is 2.28 bits per heavy atom. The molecule has 2 rings (SSSR count). The van der Waals surface area contributed by atoms with Crippen molar-refractivity contribution in [3.63, 3.8) is 0 Å². The van der Waals surface area contributed by atoms with Crippen LogP contribution in [-0.4, -0.2) is 22.5 Å². The Kier molecular flexibility index (Phi) is 3.32. The van der Waals surface area contributed by atoms with Crippen molar-refractivity contribution in [2.24, 2.45) is 0 Å². The van der Waals surface area contributed by atoms with Gasteiger partial charge in [-0.2, -0.15) is 0 Å². The zero-order chi connectivity index (χ0) is 13.1. The molecule has 0 bridgehead atoms. The fourth-order valence-electron chi connectivity index (χ4n) is 1.80. The van der Waals surface area contributed by atoms with E-state index in [0.717, 1.165) is 0 Å². The number of amides is 1. The van der Waals surface area contributed by atoms with Crippen LogP contribution in [0, 0.1) is 0 Å². The average molecular weight is 244 g/mol.